The maximum atomic E-state index is 8.56. The normalized spacial score (nSPS) is 5.79. The molecule has 0 fully saturated rings. The van der Waals surface area contributed by atoms with E-state index in [0.717, 1.165) is 0 Å². The van der Waals surface area contributed by atoms with Gasteiger partial charge in [-0.2, -0.15) is 0 Å². The molecule has 0 amide bonds. The average molecular weight is 459 g/mol. The van der Waals surface area contributed by atoms with Crippen molar-refractivity contribution < 1.29 is 56.8 Å². The monoisotopic (exact) mass is 459 g/mol. The fourth-order valence-corrected chi connectivity index (χ4v) is 0. The van der Waals surface area contributed by atoms with E-state index in [4.69, 9.17) is 32.2 Å². The summed E-state index contributed by atoms with van der Waals surface area (Å²) in [6, 6.07) is 0. The summed E-state index contributed by atoms with van der Waals surface area (Å²) in [5, 5.41) is 37.7. The van der Waals surface area contributed by atoms with Gasteiger partial charge >= 0.3 is 26.2 Å². The SMILES string of the molecule is CCO.CCO.CCO.CCO.CCOO.[O]=[Ta]=[O]. The van der Waals surface area contributed by atoms with Crippen LogP contribution in [0, 0.1) is 0 Å². The Morgan fingerprint density at radius 2 is 0.789 bits per heavy atom. The maximum absolute atomic E-state index is 8.56. The molecule has 0 bridgehead atoms. The molecule has 0 spiro atoms. The van der Waals surface area contributed by atoms with Crippen molar-refractivity contribution in [2.24, 2.45) is 0 Å². The molecule has 8 nitrogen and oxygen atoms in total. The first-order valence-corrected chi connectivity index (χ1v) is 8.26. The van der Waals surface area contributed by atoms with E-state index < -0.39 is 19.7 Å². The standard InChI is InChI=1S/C2H6O2.4C2H6O.2O.Ta/c1-2-4-3;4*1-2-3;;;/h3H,2H2,1H3;4*3H,2H2,1H3;;;. The van der Waals surface area contributed by atoms with E-state index in [1.54, 1.807) is 34.6 Å². The molecule has 0 heterocycles. The molecule has 0 aromatic rings. The summed E-state index contributed by atoms with van der Waals surface area (Å²) < 4.78 is 17.1. The van der Waals surface area contributed by atoms with Crippen LogP contribution in [0.25, 0.3) is 0 Å². The number of hydrogen-bond donors (Lipinski definition) is 5. The predicted molar refractivity (Wildman–Crippen MR) is 66.7 cm³/mol. The zero-order valence-corrected chi connectivity index (χ0v) is 15.7. The predicted octanol–water partition coefficient (Wildman–Crippen LogP) is 0.250. The fourth-order valence-electron chi connectivity index (χ4n) is 0. The Hall–Kier alpha value is 0.100. The van der Waals surface area contributed by atoms with Crippen molar-refractivity contribution in [2.45, 2.75) is 34.6 Å². The third kappa shape index (κ3) is 3880. The zero-order valence-electron chi connectivity index (χ0n) is 12.4. The van der Waals surface area contributed by atoms with Crippen molar-refractivity contribution in [2.75, 3.05) is 33.0 Å². The second-order valence-corrected chi connectivity index (χ2v) is 2.29. The van der Waals surface area contributed by atoms with Gasteiger partial charge in [0.2, 0.25) is 0 Å². The van der Waals surface area contributed by atoms with E-state index in [1.807, 2.05) is 0 Å². The molecule has 0 aromatic heterocycles. The van der Waals surface area contributed by atoms with Crippen LogP contribution in [0.1, 0.15) is 34.6 Å². The van der Waals surface area contributed by atoms with Crippen molar-refractivity contribution in [3.63, 3.8) is 0 Å². The Morgan fingerprint density at radius 3 is 0.789 bits per heavy atom. The van der Waals surface area contributed by atoms with Gasteiger partial charge in [-0.25, -0.2) is 4.89 Å². The molecule has 0 aromatic carbocycles. The zero-order chi connectivity index (χ0) is 16.9. The minimum absolute atomic E-state index is 0.250. The molecule has 5 N–H and O–H groups in total. The Morgan fingerprint density at radius 1 is 0.737 bits per heavy atom. The van der Waals surface area contributed by atoms with Crippen molar-refractivity contribution in [3.05, 3.63) is 0 Å². The Labute approximate surface area is 125 Å². The summed E-state index contributed by atoms with van der Waals surface area (Å²) in [5.41, 5.74) is 0. The van der Waals surface area contributed by atoms with Gasteiger partial charge in [0.05, 0.1) is 6.61 Å². The molecule has 0 aliphatic carbocycles. The minimum atomic E-state index is -2.33. The average Bonchev–Trinajstić information content (AvgIpc) is 2.34. The number of hydrogen-bond acceptors (Lipinski definition) is 8. The molecule has 0 atom stereocenters. The molecule has 0 saturated carbocycles. The van der Waals surface area contributed by atoms with Crippen LogP contribution in [0.3, 0.4) is 0 Å². The summed E-state index contributed by atoms with van der Waals surface area (Å²) in [4.78, 5) is 3.54. The molecule has 0 aliphatic heterocycles. The first-order chi connectivity index (χ1) is 8.99. The fraction of sp³-hybridized carbons (Fsp3) is 1.00. The van der Waals surface area contributed by atoms with E-state index in [0.29, 0.717) is 6.61 Å². The van der Waals surface area contributed by atoms with Gasteiger partial charge in [0.1, 0.15) is 0 Å². The van der Waals surface area contributed by atoms with E-state index in [-0.39, 0.29) is 26.4 Å². The van der Waals surface area contributed by atoms with Gasteiger partial charge in [0.25, 0.3) is 0 Å². The second-order valence-electron chi connectivity index (χ2n) is 1.76. The molecular formula is C10H30O8Ta. The van der Waals surface area contributed by atoms with Crippen molar-refractivity contribution >= 4 is 0 Å². The van der Waals surface area contributed by atoms with Gasteiger partial charge in [-0.1, -0.05) is 0 Å². The van der Waals surface area contributed by atoms with Gasteiger partial charge in [0, 0.05) is 26.4 Å². The molecule has 0 unspecified atom stereocenters. The van der Waals surface area contributed by atoms with Crippen molar-refractivity contribution in [3.8, 4) is 0 Å². The van der Waals surface area contributed by atoms with Gasteiger partial charge in [-0.05, 0) is 34.6 Å². The van der Waals surface area contributed by atoms with Crippen molar-refractivity contribution in [1.82, 2.24) is 0 Å². The molecule has 0 rings (SSSR count). The summed E-state index contributed by atoms with van der Waals surface area (Å²) in [6.07, 6.45) is 0. The van der Waals surface area contributed by atoms with Crippen LogP contribution in [-0.2, 0) is 31.1 Å². The Kier molecular flexibility index (Phi) is 201. The summed E-state index contributed by atoms with van der Waals surface area (Å²) >= 11 is -2.33. The molecule has 0 saturated heterocycles. The third-order valence-electron chi connectivity index (χ3n) is 0.129. The molecule has 19 heavy (non-hydrogen) atoms. The quantitative estimate of drug-likeness (QED) is 0.277. The van der Waals surface area contributed by atoms with Crippen molar-refractivity contribution in [1.29, 1.82) is 0 Å². The van der Waals surface area contributed by atoms with Gasteiger partial charge in [-0.15, -0.1) is 0 Å². The molecular weight excluding hydrogens is 429 g/mol. The third-order valence-corrected chi connectivity index (χ3v) is 0.129. The number of rotatable bonds is 1. The van der Waals surface area contributed by atoms with E-state index >= 15 is 0 Å². The summed E-state index contributed by atoms with van der Waals surface area (Å²) in [5.74, 6) is 0. The topological polar surface area (TPSA) is 145 Å². The summed E-state index contributed by atoms with van der Waals surface area (Å²) in [6.45, 7) is 9.81. The van der Waals surface area contributed by atoms with Crippen LogP contribution in [0.4, 0.5) is 0 Å². The molecule has 9 heteroatoms. The van der Waals surface area contributed by atoms with Crippen LogP contribution in [-0.4, -0.2) is 58.7 Å². The Balaban J connectivity index is -0.0000000268. The first-order valence-electron chi connectivity index (χ1n) is 5.64. The van der Waals surface area contributed by atoms with E-state index in [2.05, 4.69) is 4.89 Å². The molecule has 0 radical (unpaired) electrons. The number of aliphatic hydroxyl groups excluding tert-OH is 4. The number of aliphatic hydroxyl groups is 4. The van der Waals surface area contributed by atoms with Crippen LogP contribution in [0.15, 0.2) is 0 Å². The van der Waals surface area contributed by atoms with Gasteiger partial charge in [-0.3, -0.25) is 5.26 Å². The second kappa shape index (κ2) is 105. The molecule has 123 valence electrons. The van der Waals surface area contributed by atoms with E-state index in [1.165, 1.54) is 0 Å². The van der Waals surface area contributed by atoms with Crippen LogP contribution in [0.5, 0.6) is 0 Å². The van der Waals surface area contributed by atoms with Crippen LogP contribution in [0.2, 0.25) is 0 Å². The Bertz CT molecular complexity index is 89.5. The molecule has 0 aliphatic rings. The first kappa shape index (κ1) is 36.5. The van der Waals surface area contributed by atoms with Gasteiger partial charge < -0.3 is 20.4 Å². The summed E-state index contributed by atoms with van der Waals surface area (Å²) in [7, 11) is 0. The van der Waals surface area contributed by atoms with Crippen LogP contribution < -0.4 is 0 Å². The van der Waals surface area contributed by atoms with E-state index in [9.17, 15) is 0 Å². The van der Waals surface area contributed by atoms with Crippen LogP contribution >= 0.6 is 0 Å². The van der Waals surface area contributed by atoms with Gasteiger partial charge in [0.15, 0.2) is 0 Å².